The normalized spacial score (nSPS) is 22.7. The molecule has 2 aliphatic rings. The molecule has 0 amide bonds. The Kier molecular flexibility index (Phi) is 3.54. The minimum absolute atomic E-state index is 0.181. The van der Waals surface area contributed by atoms with Crippen LogP contribution in [0.25, 0.3) is 0 Å². The van der Waals surface area contributed by atoms with Crippen LogP contribution in [-0.2, 0) is 9.31 Å². The van der Waals surface area contributed by atoms with E-state index in [9.17, 15) is 0 Å². The van der Waals surface area contributed by atoms with Gasteiger partial charge in [0.1, 0.15) is 0 Å². The molecule has 1 fully saturated rings. The van der Waals surface area contributed by atoms with Gasteiger partial charge in [0, 0.05) is 0 Å². The van der Waals surface area contributed by atoms with Crippen LogP contribution in [0.3, 0.4) is 0 Å². The highest BCUT2D eigenvalue weighted by Gasteiger charge is 2.53. The Morgan fingerprint density at radius 3 is 2.36 bits per heavy atom. The van der Waals surface area contributed by atoms with E-state index in [1.54, 1.807) is 7.11 Å². The van der Waals surface area contributed by atoms with Gasteiger partial charge in [-0.1, -0.05) is 0 Å². The summed E-state index contributed by atoms with van der Waals surface area (Å²) < 4.78 is 28.2. The molecule has 2 heterocycles. The van der Waals surface area contributed by atoms with Gasteiger partial charge in [0.25, 0.3) is 0 Å². The number of fused-ring (bicyclic) bond motifs is 1. The van der Waals surface area contributed by atoms with Gasteiger partial charge in [-0.3, -0.25) is 0 Å². The average molecular weight is 307 g/mol. The monoisotopic (exact) mass is 307 g/mol. The maximum absolute atomic E-state index is 6.36. The number of nitrogens with two attached hydrogens (primary N) is 1. The van der Waals surface area contributed by atoms with Crippen molar-refractivity contribution < 1.29 is 23.5 Å². The van der Waals surface area contributed by atoms with E-state index in [0.717, 1.165) is 5.56 Å². The van der Waals surface area contributed by atoms with E-state index in [0.29, 0.717) is 17.2 Å². The largest absolute Gasteiger partial charge is 0.493 e. The fourth-order valence-electron chi connectivity index (χ4n) is 2.53. The number of hydrogen-bond acceptors (Lipinski definition) is 6. The van der Waals surface area contributed by atoms with Gasteiger partial charge in [-0.2, -0.15) is 0 Å². The molecule has 0 aromatic heterocycles. The average Bonchev–Trinajstić information content (AvgIpc) is 2.99. The molecule has 6 nitrogen and oxygen atoms in total. The van der Waals surface area contributed by atoms with Crippen LogP contribution in [0.4, 0.5) is 0 Å². The van der Waals surface area contributed by atoms with Crippen molar-refractivity contribution in [3.63, 3.8) is 0 Å². The van der Waals surface area contributed by atoms with Crippen LogP contribution in [0.2, 0.25) is 0 Å². The quantitative estimate of drug-likeness (QED) is 0.862. The molecule has 120 valence electrons. The molecule has 0 spiro atoms. The second kappa shape index (κ2) is 5.04. The zero-order chi connectivity index (χ0) is 16.1. The van der Waals surface area contributed by atoms with E-state index in [1.807, 2.05) is 39.8 Å². The fourth-order valence-corrected chi connectivity index (χ4v) is 2.53. The summed E-state index contributed by atoms with van der Waals surface area (Å²) in [5, 5.41) is 0. The SMILES string of the molecule is COc1cc([C@H](N)B2OC(C)(C)C(C)(C)O2)cc2c1OCO2. The molecular weight excluding hydrogens is 285 g/mol. The molecular formula is C15H22BNO5. The van der Waals surface area contributed by atoms with Crippen molar-refractivity contribution in [2.24, 2.45) is 5.73 Å². The highest BCUT2D eigenvalue weighted by atomic mass is 16.7. The van der Waals surface area contributed by atoms with Crippen molar-refractivity contribution in [3.8, 4) is 17.2 Å². The summed E-state index contributed by atoms with van der Waals surface area (Å²) >= 11 is 0. The first-order valence-corrected chi connectivity index (χ1v) is 7.34. The maximum Gasteiger partial charge on any atom is 0.480 e. The standard InChI is InChI=1S/C15H22BNO5/c1-14(2)15(3,4)22-16(21-14)13(17)9-6-10(18-5)12-11(7-9)19-8-20-12/h6-7,13H,8,17H2,1-5H3/t13-/m0/s1. The van der Waals surface area contributed by atoms with Gasteiger partial charge in [0.2, 0.25) is 12.5 Å². The van der Waals surface area contributed by atoms with Crippen LogP contribution in [0.5, 0.6) is 17.2 Å². The zero-order valence-corrected chi connectivity index (χ0v) is 13.6. The van der Waals surface area contributed by atoms with Gasteiger partial charge in [0.05, 0.1) is 24.3 Å². The van der Waals surface area contributed by atoms with Gasteiger partial charge < -0.3 is 29.3 Å². The number of ether oxygens (including phenoxy) is 3. The summed E-state index contributed by atoms with van der Waals surface area (Å²) in [4.78, 5) is 0. The lowest BCUT2D eigenvalue weighted by Crippen LogP contribution is -2.41. The van der Waals surface area contributed by atoms with Crippen molar-refractivity contribution >= 4 is 7.12 Å². The number of rotatable bonds is 3. The lowest BCUT2D eigenvalue weighted by Gasteiger charge is -2.32. The van der Waals surface area contributed by atoms with E-state index in [2.05, 4.69) is 0 Å². The summed E-state index contributed by atoms with van der Waals surface area (Å²) in [5.74, 6) is 1.37. The lowest BCUT2D eigenvalue weighted by molar-refractivity contribution is 0.00578. The summed E-state index contributed by atoms with van der Waals surface area (Å²) in [6.45, 7) is 8.18. The molecule has 1 aromatic rings. The lowest BCUT2D eigenvalue weighted by atomic mass is 9.75. The second-order valence-electron chi connectivity index (χ2n) is 6.61. The van der Waals surface area contributed by atoms with Crippen LogP contribution >= 0.6 is 0 Å². The third-order valence-corrected chi connectivity index (χ3v) is 4.63. The Morgan fingerprint density at radius 2 is 1.77 bits per heavy atom. The Morgan fingerprint density at radius 1 is 1.14 bits per heavy atom. The van der Waals surface area contributed by atoms with Gasteiger partial charge in [-0.25, -0.2) is 0 Å². The molecule has 1 atom stereocenters. The summed E-state index contributed by atoms with van der Waals surface area (Å²) in [6, 6.07) is 3.68. The Labute approximate surface area is 131 Å². The third-order valence-electron chi connectivity index (χ3n) is 4.63. The first kappa shape index (κ1) is 15.5. The number of hydrogen-bond donors (Lipinski definition) is 1. The molecule has 0 saturated carbocycles. The van der Waals surface area contributed by atoms with Gasteiger partial charge in [-0.15, -0.1) is 0 Å². The van der Waals surface area contributed by atoms with E-state index in [1.165, 1.54) is 0 Å². The van der Waals surface area contributed by atoms with Crippen molar-refractivity contribution in [2.45, 2.75) is 44.8 Å². The summed E-state index contributed by atoms with van der Waals surface area (Å²) in [7, 11) is 1.05. The van der Waals surface area contributed by atoms with E-state index >= 15 is 0 Å². The molecule has 1 saturated heterocycles. The van der Waals surface area contributed by atoms with Crippen molar-refractivity contribution in [1.82, 2.24) is 0 Å². The predicted molar refractivity (Wildman–Crippen MR) is 82.1 cm³/mol. The van der Waals surface area contributed by atoms with Crippen LogP contribution in [0.1, 0.15) is 39.2 Å². The Balaban J connectivity index is 1.89. The highest BCUT2D eigenvalue weighted by molar-refractivity contribution is 6.47. The van der Waals surface area contributed by atoms with Crippen LogP contribution in [0.15, 0.2) is 12.1 Å². The van der Waals surface area contributed by atoms with Crippen molar-refractivity contribution in [2.75, 3.05) is 13.9 Å². The molecule has 22 heavy (non-hydrogen) atoms. The van der Waals surface area contributed by atoms with Crippen molar-refractivity contribution in [3.05, 3.63) is 17.7 Å². The molecule has 1 aromatic carbocycles. The molecule has 0 aliphatic carbocycles. The van der Waals surface area contributed by atoms with Crippen LogP contribution in [0, 0.1) is 0 Å². The van der Waals surface area contributed by atoms with Gasteiger partial charge in [0.15, 0.2) is 11.5 Å². The van der Waals surface area contributed by atoms with Gasteiger partial charge >= 0.3 is 7.12 Å². The predicted octanol–water partition coefficient (Wildman–Crippen LogP) is 2.06. The van der Waals surface area contributed by atoms with E-state index in [-0.39, 0.29) is 6.79 Å². The second-order valence-corrected chi connectivity index (χ2v) is 6.61. The smallest absolute Gasteiger partial charge is 0.480 e. The third kappa shape index (κ3) is 2.33. The topological polar surface area (TPSA) is 72.2 Å². The summed E-state index contributed by atoms with van der Waals surface area (Å²) in [6.07, 6.45) is 0. The first-order valence-electron chi connectivity index (χ1n) is 7.34. The molecule has 7 heteroatoms. The molecule has 0 bridgehead atoms. The van der Waals surface area contributed by atoms with E-state index in [4.69, 9.17) is 29.3 Å². The molecule has 0 unspecified atom stereocenters. The van der Waals surface area contributed by atoms with Gasteiger partial charge in [-0.05, 0) is 45.4 Å². The maximum atomic E-state index is 6.36. The minimum atomic E-state index is -0.532. The first-order chi connectivity index (χ1) is 10.2. The van der Waals surface area contributed by atoms with Crippen LogP contribution in [-0.4, -0.2) is 32.2 Å². The Bertz CT molecular complexity index is 574. The van der Waals surface area contributed by atoms with Crippen LogP contribution < -0.4 is 19.9 Å². The molecule has 0 radical (unpaired) electrons. The minimum Gasteiger partial charge on any atom is -0.493 e. The number of benzene rings is 1. The molecule has 2 N–H and O–H groups in total. The highest BCUT2D eigenvalue weighted by Crippen LogP contribution is 2.45. The van der Waals surface area contributed by atoms with E-state index < -0.39 is 24.3 Å². The fraction of sp³-hybridized carbons (Fsp3) is 0.600. The molecule has 3 rings (SSSR count). The molecule has 2 aliphatic heterocycles. The van der Waals surface area contributed by atoms with Crippen molar-refractivity contribution in [1.29, 1.82) is 0 Å². The number of methoxy groups -OCH3 is 1. The summed E-state index contributed by atoms with van der Waals surface area (Å²) in [5.41, 5.74) is 6.34. The Hall–Kier alpha value is -1.44. The zero-order valence-electron chi connectivity index (χ0n) is 13.6.